The van der Waals surface area contributed by atoms with E-state index in [0.29, 0.717) is 86.2 Å². The lowest BCUT2D eigenvalue weighted by Crippen LogP contribution is -2.62. The fourth-order valence-corrected chi connectivity index (χ4v) is 15.4. The van der Waals surface area contributed by atoms with Gasteiger partial charge in [0.2, 0.25) is 22.4 Å². The number of hydrogen-bond donors (Lipinski definition) is 3. The zero-order valence-corrected chi connectivity index (χ0v) is 52.0. The average Bonchev–Trinajstić information content (AvgIpc) is 1.83. The Labute approximate surface area is 500 Å². The van der Waals surface area contributed by atoms with Crippen molar-refractivity contribution in [3.05, 3.63) is 76.8 Å². The molecular weight excluding hydrogens is 1240 g/mol. The van der Waals surface area contributed by atoms with Crippen LogP contribution in [0, 0.1) is 0 Å². The van der Waals surface area contributed by atoms with Gasteiger partial charge in [-0.25, -0.2) is 36.6 Å². The van der Waals surface area contributed by atoms with E-state index < -0.39 is 41.3 Å². The Bertz CT molecular complexity index is 3590. The van der Waals surface area contributed by atoms with Crippen molar-refractivity contribution in [2.75, 3.05) is 84.2 Å². The monoisotopic (exact) mass is 1300 g/mol. The second-order valence-electron chi connectivity index (χ2n) is 22.9. The molecule has 6 aliphatic rings. The van der Waals surface area contributed by atoms with Gasteiger partial charge in [-0.2, -0.15) is 36.1 Å². The molecule has 460 valence electrons. The number of nitrogen functional groups attached to an aromatic ring is 1. The number of benzene rings is 2. The van der Waals surface area contributed by atoms with Crippen LogP contribution in [0.5, 0.6) is 23.3 Å². The zero-order chi connectivity index (χ0) is 60.5. The van der Waals surface area contributed by atoms with E-state index in [2.05, 4.69) is 109 Å². The lowest BCUT2D eigenvalue weighted by Gasteiger charge is -2.54. The van der Waals surface area contributed by atoms with Gasteiger partial charge < -0.3 is 44.5 Å². The number of aromatic amines is 1. The van der Waals surface area contributed by atoms with Crippen LogP contribution in [0.25, 0.3) is 22.3 Å². The van der Waals surface area contributed by atoms with Crippen LogP contribution >= 0.6 is 15.9 Å². The van der Waals surface area contributed by atoms with Crippen LogP contribution in [0.3, 0.4) is 0 Å². The van der Waals surface area contributed by atoms with Crippen LogP contribution in [-0.4, -0.2) is 181 Å². The number of hydrogen-bond acceptors (Lipinski definition) is 19. The number of fused-ring (bicyclic) bond motifs is 2. The van der Waals surface area contributed by atoms with Crippen molar-refractivity contribution in [2.24, 2.45) is 0 Å². The molecule has 0 amide bonds. The first-order valence-corrected chi connectivity index (χ1v) is 35.3. The van der Waals surface area contributed by atoms with Crippen LogP contribution in [0.4, 0.5) is 34.9 Å². The summed E-state index contributed by atoms with van der Waals surface area (Å²) in [6.45, 7) is 6.75. The number of rotatable bonds is 17. The van der Waals surface area contributed by atoms with Gasteiger partial charge in [-0.3, -0.25) is 0 Å². The number of alkyl halides is 4. The minimum absolute atomic E-state index is 0.0414. The van der Waals surface area contributed by atoms with Crippen LogP contribution < -0.4 is 30.0 Å². The molecule has 2 spiro atoms. The van der Waals surface area contributed by atoms with Gasteiger partial charge in [-0.1, -0.05) is 19.6 Å². The van der Waals surface area contributed by atoms with Crippen molar-refractivity contribution < 1.29 is 58.1 Å². The van der Waals surface area contributed by atoms with Gasteiger partial charge in [0.05, 0.1) is 18.9 Å². The van der Waals surface area contributed by atoms with Gasteiger partial charge in [0.15, 0.2) is 0 Å². The largest absolute Gasteiger partial charge is 0.493 e. The molecule has 0 aliphatic carbocycles. The van der Waals surface area contributed by atoms with E-state index in [0.717, 1.165) is 86.5 Å². The van der Waals surface area contributed by atoms with Crippen molar-refractivity contribution in [3.8, 4) is 45.5 Å². The molecule has 85 heavy (non-hydrogen) atoms. The number of ether oxygens (including phenoxy) is 5. The van der Waals surface area contributed by atoms with Gasteiger partial charge in [-0.05, 0) is 122 Å². The summed E-state index contributed by atoms with van der Waals surface area (Å²) in [5, 5.41) is 13.7. The van der Waals surface area contributed by atoms with Crippen LogP contribution in [0.2, 0.25) is 25.7 Å². The van der Waals surface area contributed by atoms with Crippen molar-refractivity contribution in [3.63, 3.8) is 0 Å². The highest BCUT2D eigenvalue weighted by Gasteiger charge is 2.48. The molecule has 4 N–H and O–H groups in total. The molecule has 12 rings (SSSR count). The van der Waals surface area contributed by atoms with Crippen molar-refractivity contribution in [2.45, 2.75) is 118 Å². The molecule has 4 aromatic heterocycles. The molecule has 23 nitrogen and oxygen atoms in total. The molecule has 0 saturated carbocycles. The summed E-state index contributed by atoms with van der Waals surface area (Å²) in [5.74, 6) is 1.16. The minimum atomic E-state index is -3.85. The molecular formula is C54H69BrF4N14O9S2Si. The maximum absolute atomic E-state index is 13.3. The van der Waals surface area contributed by atoms with Crippen molar-refractivity contribution in [1.29, 1.82) is 0 Å². The topological polar surface area (TPSA) is 263 Å². The van der Waals surface area contributed by atoms with Crippen LogP contribution in [0.1, 0.15) is 49.7 Å². The highest BCUT2D eigenvalue weighted by atomic mass is 79.9. The first-order valence-electron chi connectivity index (χ1n) is 27.9. The highest BCUT2D eigenvalue weighted by molar-refractivity contribution is 9.10. The first-order chi connectivity index (χ1) is 40.4. The third-order valence-electron chi connectivity index (χ3n) is 16.7. The second kappa shape index (κ2) is 25.3. The number of nitrogens with zero attached hydrogens (tertiary/aromatic N) is 11. The summed E-state index contributed by atoms with van der Waals surface area (Å²) >= 11 is 3.21. The third kappa shape index (κ3) is 13.7. The van der Waals surface area contributed by atoms with Gasteiger partial charge in [0, 0.05) is 130 Å². The Morgan fingerprint density at radius 3 is 1.78 bits per heavy atom. The maximum Gasteiger partial charge on any atom is 0.388 e. The van der Waals surface area contributed by atoms with E-state index in [-0.39, 0.29) is 50.6 Å². The lowest BCUT2D eigenvalue weighted by atomic mass is 9.77. The molecule has 4 saturated heterocycles. The standard InChI is InChI=1S/C24H27F2N7O4S.C16H30BrN5O3SSi.C14H12F2N2O2/c1-32-10-6-24(32)7-11-33(12-8-24)38(34,35)23-29-22(30-31-23)28-20-16(2-3-18-17(20)5-13-36-18)15-4-9-27-19(14-15)37-21(25)26;1-20-8-5-16(20)6-9-21(10-7-16)26(23,24)15-18-14(17)19-22(15)13-25-11-12-27(2,3)4;15-14(16)20-12-7-8(3-5-18-12)9-1-2-11-10(13(9)17)4-6-19-11/h2-4,9,14,21H,5-8,10-13H2,1H3,(H2,28,29,30,31);5-13H2,1-4H3;1-3,5,7,14H,4,6,17H2. The number of likely N-dealkylation sites (tertiary alicyclic amines) is 2. The number of nitrogens with one attached hydrogen (secondary N) is 2. The van der Waals surface area contributed by atoms with E-state index in [4.69, 9.17) is 19.9 Å². The van der Waals surface area contributed by atoms with Gasteiger partial charge in [-0.15, -0.1) is 10.2 Å². The molecule has 31 heteroatoms. The number of pyridine rings is 2. The number of aromatic nitrogens is 8. The SMILES string of the molecule is CN1CCC12CCN(S(=O)(=O)c1nc(Br)nn1COCC[Si](C)(C)C)CC2.CN1CCC12CCN(S(=O)(=O)c1nc(Nc3c(-c4ccnc(OC(F)F)c4)ccc4c3CCO4)n[nH]1)CC2.Nc1c(-c2ccnc(OC(F)F)c2)ccc2c1CCO2. The quantitative estimate of drug-likeness (QED) is 0.0337. The van der Waals surface area contributed by atoms with E-state index in [9.17, 15) is 34.4 Å². The molecule has 6 aliphatic heterocycles. The third-order valence-corrected chi connectivity index (χ3v) is 22.3. The van der Waals surface area contributed by atoms with E-state index in [1.165, 1.54) is 33.5 Å². The number of H-pyrrole nitrogens is 1. The molecule has 0 radical (unpaired) electrons. The molecule has 0 bridgehead atoms. The second-order valence-corrected chi connectivity index (χ2v) is 32.9. The summed E-state index contributed by atoms with van der Waals surface area (Å²) in [6.07, 6.45) is 9.68. The predicted molar refractivity (Wildman–Crippen MR) is 313 cm³/mol. The van der Waals surface area contributed by atoms with Gasteiger partial charge in [0.25, 0.3) is 30.4 Å². The molecule has 10 heterocycles. The molecule has 0 unspecified atom stereocenters. The highest BCUT2D eigenvalue weighted by Crippen LogP contribution is 2.44. The van der Waals surface area contributed by atoms with E-state index >= 15 is 0 Å². The fourth-order valence-electron chi connectivity index (χ4n) is 11.4. The van der Waals surface area contributed by atoms with E-state index in [1.54, 1.807) is 34.6 Å². The van der Waals surface area contributed by atoms with Gasteiger partial charge in [0.1, 0.15) is 18.2 Å². The Morgan fingerprint density at radius 2 is 1.25 bits per heavy atom. The number of piperidine rings is 2. The lowest BCUT2D eigenvalue weighted by molar-refractivity contribution is -0.0535. The average molecular weight is 1310 g/mol. The molecule has 4 fully saturated rings. The maximum atomic E-state index is 13.3. The van der Waals surface area contributed by atoms with Crippen molar-refractivity contribution in [1.82, 2.24) is 58.3 Å². The number of nitrogens with two attached hydrogens (primary N) is 1. The van der Waals surface area contributed by atoms with Crippen LogP contribution in [-0.2, 0) is 44.4 Å². The van der Waals surface area contributed by atoms with Gasteiger partial charge >= 0.3 is 13.2 Å². The Kier molecular flexibility index (Phi) is 18.5. The zero-order valence-electron chi connectivity index (χ0n) is 47.7. The Balaban J connectivity index is 0.000000150. The Hall–Kier alpha value is -6.06. The summed E-state index contributed by atoms with van der Waals surface area (Å²) in [4.78, 5) is 20.6. The summed E-state index contributed by atoms with van der Waals surface area (Å²) in [5.41, 5.74) is 12.1. The summed E-state index contributed by atoms with van der Waals surface area (Å²) in [7, 11) is -4.52. The molecule has 2 aromatic carbocycles. The molecule has 0 atom stereocenters. The number of anilines is 3. The minimum Gasteiger partial charge on any atom is -0.493 e. The number of sulfonamides is 2. The smallest absolute Gasteiger partial charge is 0.388 e. The summed E-state index contributed by atoms with van der Waals surface area (Å²) in [6, 6.07) is 14.5. The normalized spacial score (nSPS) is 18.5. The van der Waals surface area contributed by atoms with E-state index in [1.807, 2.05) is 6.07 Å². The van der Waals surface area contributed by atoms with Crippen molar-refractivity contribution >= 4 is 61.4 Å². The summed E-state index contributed by atoms with van der Waals surface area (Å²) < 4.78 is 133. The first kappa shape index (κ1) is 62.0. The number of halogens is 5. The van der Waals surface area contributed by atoms with Crippen LogP contribution in [0.15, 0.2) is 76.0 Å². The predicted octanol–water partition coefficient (Wildman–Crippen LogP) is 8.08. The Morgan fingerprint density at radius 1 is 0.729 bits per heavy atom. The fraction of sp³-hybridized carbons (Fsp3) is 0.519. The molecule has 6 aromatic rings.